The molecule has 0 radical (unpaired) electrons. The number of urea groups is 1. The highest BCUT2D eigenvalue weighted by molar-refractivity contribution is 5.75. The van der Waals surface area contributed by atoms with Crippen molar-refractivity contribution in [1.29, 1.82) is 0 Å². The van der Waals surface area contributed by atoms with Gasteiger partial charge in [-0.3, -0.25) is 4.79 Å². The summed E-state index contributed by atoms with van der Waals surface area (Å²) in [7, 11) is 0. The summed E-state index contributed by atoms with van der Waals surface area (Å²) in [6.07, 6.45) is 7.64. The van der Waals surface area contributed by atoms with Crippen LogP contribution in [0.25, 0.3) is 0 Å². The first-order chi connectivity index (χ1) is 9.84. The average Bonchev–Trinajstić information content (AvgIpc) is 2.43. The fourth-order valence-corrected chi connectivity index (χ4v) is 3.08. The Morgan fingerprint density at radius 3 is 2.38 bits per heavy atom. The van der Waals surface area contributed by atoms with Crippen LogP contribution in [0, 0.1) is 5.92 Å². The number of nitrogens with one attached hydrogen (secondary N) is 2. The summed E-state index contributed by atoms with van der Waals surface area (Å²) < 4.78 is 0. The molecule has 1 aliphatic rings. The third-order valence-electron chi connectivity index (χ3n) is 4.39. The molecule has 0 saturated heterocycles. The van der Waals surface area contributed by atoms with E-state index < -0.39 is 11.5 Å². The van der Waals surface area contributed by atoms with Gasteiger partial charge in [-0.1, -0.05) is 26.2 Å². The third-order valence-corrected chi connectivity index (χ3v) is 4.39. The van der Waals surface area contributed by atoms with Crippen molar-refractivity contribution in [3.05, 3.63) is 0 Å². The molecule has 122 valence electrons. The molecule has 0 aromatic carbocycles. The van der Waals surface area contributed by atoms with Crippen molar-refractivity contribution < 1.29 is 14.7 Å². The zero-order valence-corrected chi connectivity index (χ0v) is 13.6. The van der Waals surface area contributed by atoms with E-state index in [1.807, 2.05) is 13.8 Å². The third kappa shape index (κ3) is 6.82. The van der Waals surface area contributed by atoms with Crippen LogP contribution in [0.2, 0.25) is 0 Å². The summed E-state index contributed by atoms with van der Waals surface area (Å²) in [4.78, 5) is 22.8. The highest BCUT2D eigenvalue weighted by atomic mass is 16.4. The van der Waals surface area contributed by atoms with E-state index in [0.29, 0.717) is 12.3 Å². The molecule has 1 atom stereocenters. The van der Waals surface area contributed by atoms with Gasteiger partial charge in [0.15, 0.2) is 0 Å². The van der Waals surface area contributed by atoms with Crippen LogP contribution in [0.15, 0.2) is 0 Å². The zero-order chi connectivity index (χ0) is 15.9. The first-order valence-electron chi connectivity index (χ1n) is 8.14. The van der Waals surface area contributed by atoms with Gasteiger partial charge in [-0.2, -0.15) is 0 Å². The maximum absolute atomic E-state index is 12.1. The predicted octanol–water partition coefficient (Wildman–Crippen LogP) is 3.29. The lowest BCUT2D eigenvalue weighted by molar-refractivity contribution is -0.137. The number of hydrogen-bond acceptors (Lipinski definition) is 2. The quantitative estimate of drug-likeness (QED) is 0.675. The summed E-state index contributed by atoms with van der Waals surface area (Å²) in [6.45, 7) is 5.82. The summed E-state index contributed by atoms with van der Waals surface area (Å²) in [6, 6.07) is 0.0448. The Kier molecular flexibility index (Phi) is 6.99. The zero-order valence-electron chi connectivity index (χ0n) is 13.6. The second kappa shape index (κ2) is 8.25. The second-order valence-corrected chi connectivity index (χ2v) is 6.79. The van der Waals surface area contributed by atoms with E-state index in [0.717, 1.165) is 6.42 Å². The second-order valence-electron chi connectivity index (χ2n) is 6.79. The van der Waals surface area contributed by atoms with Crippen molar-refractivity contribution in [3.63, 3.8) is 0 Å². The molecule has 0 bridgehead atoms. The van der Waals surface area contributed by atoms with Gasteiger partial charge < -0.3 is 15.7 Å². The highest BCUT2D eigenvalue weighted by Gasteiger charge is 2.26. The van der Waals surface area contributed by atoms with E-state index in [1.54, 1.807) is 0 Å². The number of hydrogen-bond donors (Lipinski definition) is 3. The topological polar surface area (TPSA) is 78.4 Å². The van der Waals surface area contributed by atoms with E-state index in [4.69, 9.17) is 5.11 Å². The maximum Gasteiger partial charge on any atom is 0.315 e. The number of amides is 2. The average molecular weight is 298 g/mol. The fraction of sp³-hybridized carbons (Fsp3) is 0.875. The van der Waals surface area contributed by atoms with Crippen molar-refractivity contribution in [2.45, 2.75) is 83.7 Å². The van der Waals surface area contributed by atoms with E-state index >= 15 is 0 Å². The lowest BCUT2D eigenvalue weighted by atomic mass is 9.83. The molecule has 1 unspecified atom stereocenters. The molecule has 0 aromatic rings. The van der Waals surface area contributed by atoms with E-state index in [-0.39, 0.29) is 18.5 Å². The molecule has 21 heavy (non-hydrogen) atoms. The van der Waals surface area contributed by atoms with Crippen molar-refractivity contribution in [3.8, 4) is 0 Å². The van der Waals surface area contributed by atoms with Gasteiger partial charge in [-0.15, -0.1) is 0 Å². The summed E-state index contributed by atoms with van der Waals surface area (Å²) >= 11 is 0. The molecule has 5 heteroatoms. The van der Waals surface area contributed by atoms with Crippen LogP contribution in [-0.4, -0.2) is 28.7 Å². The van der Waals surface area contributed by atoms with Crippen LogP contribution in [0.5, 0.6) is 0 Å². The summed E-state index contributed by atoms with van der Waals surface area (Å²) in [5.41, 5.74) is -0.507. The van der Waals surface area contributed by atoms with Gasteiger partial charge in [0.2, 0.25) is 0 Å². The van der Waals surface area contributed by atoms with Crippen LogP contribution < -0.4 is 10.6 Å². The predicted molar refractivity (Wildman–Crippen MR) is 83.3 cm³/mol. The smallest absolute Gasteiger partial charge is 0.315 e. The van der Waals surface area contributed by atoms with Crippen LogP contribution in [-0.2, 0) is 4.79 Å². The van der Waals surface area contributed by atoms with Gasteiger partial charge in [0, 0.05) is 18.0 Å². The van der Waals surface area contributed by atoms with Crippen LogP contribution in [0.3, 0.4) is 0 Å². The highest BCUT2D eigenvalue weighted by Crippen LogP contribution is 2.27. The summed E-state index contributed by atoms with van der Waals surface area (Å²) in [5, 5.41) is 14.7. The summed E-state index contributed by atoms with van der Waals surface area (Å²) in [5.74, 6) is -0.254. The SMILES string of the molecule is CCC(NC(=O)NC(C)(C)CCC(=O)O)C1CCCCC1. The first kappa shape index (κ1) is 17.8. The molecule has 0 aromatic heterocycles. The van der Waals surface area contributed by atoms with Gasteiger partial charge in [0.1, 0.15) is 0 Å². The van der Waals surface area contributed by atoms with E-state index in [9.17, 15) is 9.59 Å². The van der Waals surface area contributed by atoms with Crippen LogP contribution in [0.4, 0.5) is 4.79 Å². The number of carbonyl (C=O) groups excluding carboxylic acids is 1. The molecule has 3 N–H and O–H groups in total. The molecule has 0 heterocycles. The molecule has 1 fully saturated rings. The minimum absolute atomic E-state index is 0.0626. The molecule has 1 aliphatic carbocycles. The molecular weight excluding hydrogens is 268 g/mol. The number of carbonyl (C=O) groups is 2. The van der Waals surface area contributed by atoms with Gasteiger partial charge in [-0.25, -0.2) is 4.79 Å². The Morgan fingerprint density at radius 2 is 1.86 bits per heavy atom. The van der Waals surface area contributed by atoms with Crippen molar-refractivity contribution in [1.82, 2.24) is 10.6 Å². The Morgan fingerprint density at radius 1 is 1.24 bits per heavy atom. The van der Waals surface area contributed by atoms with E-state index in [2.05, 4.69) is 17.6 Å². The Balaban J connectivity index is 2.44. The number of carboxylic acid groups (broad SMARTS) is 1. The standard InChI is InChI=1S/C16H30N2O3/c1-4-13(12-8-6-5-7-9-12)17-15(21)18-16(2,3)11-10-14(19)20/h12-13H,4-11H2,1-3H3,(H,19,20)(H2,17,18,21). The molecular formula is C16H30N2O3. The molecule has 1 rings (SSSR count). The Bertz CT molecular complexity index is 349. The van der Waals surface area contributed by atoms with Gasteiger partial charge >= 0.3 is 12.0 Å². The van der Waals surface area contributed by atoms with Crippen LogP contribution in [0.1, 0.15) is 72.1 Å². The molecule has 5 nitrogen and oxygen atoms in total. The molecule has 0 spiro atoms. The fourth-order valence-electron chi connectivity index (χ4n) is 3.08. The molecule has 2 amide bonds. The normalized spacial score (nSPS) is 18.0. The van der Waals surface area contributed by atoms with Crippen LogP contribution >= 0.6 is 0 Å². The monoisotopic (exact) mass is 298 g/mol. The van der Waals surface area contributed by atoms with Gasteiger partial charge in [0.05, 0.1) is 0 Å². The first-order valence-corrected chi connectivity index (χ1v) is 8.14. The lowest BCUT2D eigenvalue weighted by Crippen LogP contribution is -2.52. The minimum atomic E-state index is -0.834. The van der Waals surface area contributed by atoms with E-state index in [1.165, 1.54) is 32.1 Å². The maximum atomic E-state index is 12.1. The molecule has 1 saturated carbocycles. The Hall–Kier alpha value is -1.26. The van der Waals surface area contributed by atoms with Gasteiger partial charge in [0.25, 0.3) is 0 Å². The molecule has 0 aliphatic heterocycles. The van der Waals surface area contributed by atoms with Crippen molar-refractivity contribution >= 4 is 12.0 Å². The number of aliphatic carboxylic acids is 1. The van der Waals surface area contributed by atoms with Gasteiger partial charge in [-0.05, 0) is 45.4 Å². The van der Waals surface area contributed by atoms with Crippen molar-refractivity contribution in [2.75, 3.05) is 0 Å². The minimum Gasteiger partial charge on any atom is -0.481 e. The Labute approximate surface area is 127 Å². The largest absolute Gasteiger partial charge is 0.481 e. The lowest BCUT2D eigenvalue weighted by Gasteiger charge is -2.32. The van der Waals surface area contributed by atoms with Crippen molar-refractivity contribution in [2.24, 2.45) is 5.92 Å². The number of carboxylic acids is 1. The number of rotatable bonds is 7.